The zero-order valence-electron chi connectivity index (χ0n) is 13.8. The Hall–Kier alpha value is -1.16. The predicted molar refractivity (Wildman–Crippen MR) is 101 cm³/mol. The Kier molecular flexibility index (Phi) is 5.52. The highest BCUT2D eigenvalue weighted by Gasteiger charge is 2.22. The van der Waals surface area contributed by atoms with Gasteiger partial charge in [0.1, 0.15) is 0 Å². The Labute approximate surface area is 148 Å². The van der Waals surface area contributed by atoms with Crippen molar-refractivity contribution < 1.29 is 0 Å². The smallest absolute Gasteiger partial charge is 0.0567 e. The van der Waals surface area contributed by atoms with Crippen LogP contribution in [0, 0.1) is 0 Å². The van der Waals surface area contributed by atoms with Crippen LogP contribution in [-0.2, 0) is 0 Å². The van der Waals surface area contributed by atoms with E-state index >= 15 is 0 Å². The summed E-state index contributed by atoms with van der Waals surface area (Å²) in [5.41, 5.74) is 2.55. The lowest BCUT2D eigenvalue weighted by atomic mass is 10.1. The normalized spacial score (nSPS) is 13.1. The third-order valence-corrected chi connectivity index (χ3v) is 5.44. The van der Waals surface area contributed by atoms with E-state index < -0.39 is 0 Å². The molecule has 3 rings (SSSR count). The van der Waals surface area contributed by atoms with Crippen LogP contribution in [0.4, 0.5) is 11.4 Å². The lowest BCUT2D eigenvalue weighted by Gasteiger charge is -2.33. The summed E-state index contributed by atoms with van der Waals surface area (Å²) in [6, 6.07) is 14.9. The van der Waals surface area contributed by atoms with E-state index in [1.165, 1.54) is 40.4 Å². The lowest BCUT2D eigenvalue weighted by Crippen LogP contribution is -2.22. The van der Waals surface area contributed by atoms with Crippen LogP contribution in [0.1, 0.15) is 19.3 Å². The fourth-order valence-corrected chi connectivity index (χ4v) is 4.16. The third kappa shape index (κ3) is 4.03. The number of halogens is 1. The van der Waals surface area contributed by atoms with Crippen molar-refractivity contribution in [1.29, 1.82) is 0 Å². The average molecular weight is 347 g/mol. The molecule has 1 aliphatic rings. The molecule has 23 heavy (non-hydrogen) atoms. The van der Waals surface area contributed by atoms with Crippen LogP contribution < -0.4 is 4.90 Å². The van der Waals surface area contributed by atoms with Gasteiger partial charge in [0, 0.05) is 21.4 Å². The standard InChI is InChI=1S/C19H23ClN2S/c1-21(2)12-6-3-7-13-22-16-8-4-5-9-18(16)23-19-11-10-15(20)14-17(19)22/h4-5,8-11,14H,3,6-7,12-13H2,1-2H3. The number of hydrogen-bond acceptors (Lipinski definition) is 3. The quantitative estimate of drug-likeness (QED) is 0.622. The van der Waals surface area contributed by atoms with Crippen LogP contribution in [-0.4, -0.2) is 32.1 Å². The summed E-state index contributed by atoms with van der Waals surface area (Å²) in [6.45, 7) is 2.20. The molecule has 0 atom stereocenters. The number of anilines is 2. The third-order valence-electron chi connectivity index (χ3n) is 4.07. The Morgan fingerprint density at radius 2 is 1.74 bits per heavy atom. The van der Waals surface area contributed by atoms with Crippen LogP contribution in [0.25, 0.3) is 0 Å². The molecule has 1 aliphatic heterocycles. The topological polar surface area (TPSA) is 6.48 Å². The SMILES string of the molecule is CN(C)CCCCCN1c2ccccc2Sc2ccc(Cl)cc21. The molecule has 0 saturated heterocycles. The van der Waals surface area contributed by atoms with Gasteiger partial charge >= 0.3 is 0 Å². The van der Waals surface area contributed by atoms with E-state index in [2.05, 4.69) is 60.3 Å². The minimum Gasteiger partial charge on any atom is -0.340 e. The number of hydrogen-bond donors (Lipinski definition) is 0. The average Bonchev–Trinajstić information content (AvgIpc) is 2.54. The highest BCUT2D eigenvalue weighted by Crippen LogP contribution is 2.48. The zero-order valence-corrected chi connectivity index (χ0v) is 15.3. The second-order valence-electron chi connectivity index (χ2n) is 6.20. The molecule has 0 spiro atoms. The van der Waals surface area contributed by atoms with Crippen LogP contribution in [0.15, 0.2) is 52.3 Å². The van der Waals surface area contributed by atoms with E-state index in [1.54, 1.807) is 0 Å². The Bertz CT molecular complexity index is 672. The maximum absolute atomic E-state index is 6.25. The molecule has 0 amide bonds. The van der Waals surface area contributed by atoms with Gasteiger partial charge in [0.2, 0.25) is 0 Å². The predicted octanol–water partition coefficient (Wildman–Crippen LogP) is 5.67. The van der Waals surface area contributed by atoms with Gasteiger partial charge in [-0.2, -0.15) is 0 Å². The summed E-state index contributed by atoms with van der Waals surface area (Å²) < 4.78 is 0. The van der Waals surface area contributed by atoms with Crippen molar-refractivity contribution in [2.45, 2.75) is 29.1 Å². The number of benzene rings is 2. The zero-order chi connectivity index (χ0) is 16.2. The molecule has 0 aliphatic carbocycles. The molecular formula is C19H23ClN2S. The van der Waals surface area contributed by atoms with Crippen LogP contribution in [0.2, 0.25) is 5.02 Å². The Balaban J connectivity index is 1.77. The Morgan fingerprint density at radius 1 is 0.957 bits per heavy atom. The maximum Gasteiger partial charge on any atom is 0.0567 e. The minimum absolute atomic E-state index is 0.807. The summed E-state index contributed by atoms with van der Waals surface area (Å²) in [7, 11) is 4.27. The van der Waals surface area contributed by atoms with Gasteiger partial charge in [-0.15, -0.1) is 0 Å². The molecule has 0 unspecified atom stereocenters. The molecule has 122 valence electrons. The Morgan fingerprint density at radius 3 is 2.57 bits per heavy atom. The van der Waals surface area contributed by atoms with Crippen molar-refractivity contribution in [2.24, 2.45) is 0 Å². The molecular weight excluding hydrogens is 324 g/mol. The van der Waals surface area contributed by atoms with Crippen molar-refractivity contribution in [2.75, 3.05) is 32.1 Å². The van der Waals surface area contributed by atoms with Gasteiger partial charge in [-0.3, -0.25) is 0 Å². The van der Waals surface area contributed by atoms with E-state index in [9.17, 15) is 0 Å². The van der Waals surface area contributed by atoms with Crippen molar-refractivity contribution in [1.82, 2.24) is 4.90 Å². The summed E-state index contributed by atoms with van der Waals surface area (Å²) in [4.78, 5) is 7.31. The first-order chi connectivity index (χ1) is 11.1. The van der Waals surface area contributed by atoms with Gasteiger partial charge in [-0.25, -0.2) is 0 Å². The highest BCUT2D eigenvalue weighted by atomic mass is 35.5. The van der Waals surface area contributed by atoms with Crippen molar-refractivity contribution in [3.05, 3.63) is 47.5 Å². The van der Waals surface area contributed by atoms with Crippen LogP contribution in [0.5, 0.6) is 0 Å². The van der Waals surface area contributed by atoms with Gasteiger partial charge in [-0.1, -0.05) is 41.9 Å². The number of nitrogens with zero attached hydrogens (tertiary/aromatic N) is 2. The van der Waals surface area contributed by atoms with Gasteiger partial charge in [0.25, 0.3) is 0 Å². The molecule has 0 saturated carbocycles. The molecule has 2 aromatic carbocycles. The van der Waals surface area contributed by atoms with E-state index in [4.69, 9.17) is 11.6 Å². The molecule has 0 N–H and O–H groups in total. The van der Waals surface area contributed by atoms with Crippen molar-refractivity contribution >= 4 is 34.7 Å². The summed E-state index contributed by atoms with van der Waals surface area (Å²) >= 11 is 8.08. The molecule has 0 fully saturated rings. The van der Waals surface area contributed by atoms with Crippen LogP contribution >= 0.6 is 23.4 Å². The monoisotopic (exact) mass is 346 g/mol. The summed E-state index contributed by atoms with van der Waals surface area (Å²) in [5, 5.41) is 0.807. The van der Waals surface area contributed by atoms with Gasteiger partial charge in [0.05, 0.1) is 11.4 Å². The molecule has 2 nitrogen and oxygen atoms in total. The van der Waals surface area contributed by atoms with Crippen molar-refractivity contribution in [3.8, 4) is 0 Å². The fourth-order valence-electron chi connectivity index (χ4n) is 2.92. The first-order valence-corrected chi connectivity index (χ1v) is 9.33. The van der Waals surface area contributed by atoms with Gasteiger partial charge < -0.3 is 9.80 Å². The first kappa shape index (κ1) is 16.7. The molecule has 0 aromatic heterocycles. The van der Waals surface area contributed by atoms with Gasteiger partial charge in [-0.05, 0) is 63.8 Å². The van der Waals surface area contributed by atoms with E-state index in [1.807, 2.05) is 17.8 Å². The molecule has 1 heterocycles. The summed E-state index contributed by atoms with van der Waals surface area (Å²) in [6.07, 6.45) is 3.69. The minimum atomic E-state index is 0.807. The molecule has 0 bridgehead atoms. The second-order valence-corrected chi connectivity index (χ2v) is 7.72. The molecule has 4 heteroatoms. The number of rotatable bonds is 6. The van der Waals surface area contributed by atoms with E-state index in [-0.39, 0.29) is 0 Å². The van der Waals surface area contributed by atoms with Gasteiger partial charge in [0.15, 0.2) is 0 Å². The number of unbranched alkanes of at least 4 members (excludes halogenated alkanes) is 2. The number of fused-ring (bicyclic) bond motifs is 2. The number of para-hydroxylation sites is 1. The molecule has 2 aromatic rings. The molecule has 0 radical (unpaired) electrons. The summed E-state index contributed by atoms with van der Waals surface area (Å²) in [5.74, 6) is 0. The largest absolute Gasteiger partial charge is 0.340 e. The fraction of sp³-hybridized carbons (Fsp3) is 0.368. The first-order valence-electron chi connectivity index (χ1n) is 8.14. The van der Waals surface area contributed by atoms with Crippen LogP contribution in [0.3, 0.4) is 0 Å². The lowest BCUT2D eigenvalue weighted by molar-refractivity contribution is 0.392. The second kappa shape index (κ2) is 7.61. The van der Waals surface area contributed by atoms with Crippen molar-refractivity contribution in [3.63, 3.8) is 0 Å². The maximum atomic E-state index is 6.25. The van der Waals surface area contributed by atoms with E-state index in [0.717, 1.165) is 18.1 Å². The highest BCUT2D eigenvalue weighted by molar-refractivity contribution is 7.99. The van der Waals surface area contributed by atoms with E-state index in [0.29, 0.717) is 0 Å².